The maximum absolute atomic E-state index is 11.8. The monoisotopic (exact) mass is 283 g/mol. The molecule has 1 saturated heterocycles. The van der Waals surface area contributed by atoms with Gasteiger partial charge in [-0.2, -0.15) is 0 Å². The SMILES string of the molecule is COC(=O)C1(N)CCC(N2CCN(C(C)(C)C)CC2)C1. The number of hydrogen-bond acceptors (Lipinski definition) is 5. The van der Waals surface area contributed by atoms with Crippen LogP contribution in [0.4, 0.5) is 0 Å². The summed E-state index contributed by atoms with van der Waals surface area (Å²) in [6.45, 7) is 11.1. The molecule has 0 aromatic heterocycles. The van der Waals surface area contributed by atoms with Crippen molar-refractivity contribution in [1.29, 1.82) is 0 Å². The van der Waals surface area contributed by atoms with Gasteiger partial charge in [-0.1, -0.05) is 0 Å². The van der Waals surface area contributed by atoms with Crippen LogP contribution < -0.4 is 5.73 Å². The lowest BCUT2D eigenvalue weighted by molar-refractivity contribution is -0.147. The zero-order valence-corrected chi connectivity index (χ0v) is 13.3. The van der Waals surface area contributed by atoms with Gasteiger partial charge in [-0.05, 0) is 40.0 Å². The summed E-state index contributed by atoms with van der Waals surface area (Å²) < 4.78 is 4.84. The number of nitrogens with zero attached hydrogens (tertiary/aromatic N) is 2. The van der Waals surface area contributed by atoms with Gasteiger partial charge in [-0.3, -0.25) is 14.6 Å². The van der Waals surface area contributed by atoms with Gasteiger partial charge in [0.2, 0.25) is 0 Å². The molecule has 1 aliphatic carbocycles. The van der Waals surface area contributed by atoms with Crippen LogP contribution in [-0.2, 0) is 9.53 Å². The number of carbonyl (C=O) groups is 1. The second-order valence-electron chi connectivity index (χ2n) is 7.24. The molecule has 0 spiro atoms. The molecule has 1 saturated carbocycles. The summed E-state index contributed by atoms with van der Waals surface area (Å²) in [7, 11) is 1.42. The summed E-state index contributed by atoms with van der Waals surface area (Å²) in [6.07, 6.45) is 2.47. The Morgan fingerprint density at radius 2 is 1.85 bits per heavy atom. The number of nitrogens with two attached hydrogens (primary N) is 1. The fourth-order valence-electron chi connectivity index (χ4n) is 3.51. The Bertz CT molecular complexity index is 359. The van der Waals surface area contributed by atoms with E-state index in [9.17, 15) is 4.79 Å². The van der Waals surface area contributed by atoms with Crippen LogP contribution in [0.25, 0.3) is 0 Å². The van der Waals surface area contributed by atoms with E-state index >= 15 is 0 Å². The minimum atomic E-state index is -0.763. The molecule has 2 N–H and O–H groups in total. The Morgan fingerprint density at radius 1 is 1.25 bits per heavy atom. The highest BCUT2D eigenvalue weighted by atomic mass is 16.5. The highest BCUT2D eigenvalue weighted by Crippen LogP contribution is 2.33. The molecule has 2 atom stereocenters. The van der Waals surface area contributed by atoms with E-state index in [-0.39, 0.29) is 11.5 Å². The Labute approximate surface area is 122 Å². The van der Waals surface area contributed by atoms with Gasteiger partial charge in [-0.25, -0.2) is 0 Å². The summed E-state index contributed by atoms with van der Waals surface area (Å²) in [4.78, 5) is 16.8. The van der Waals surface area contributed by atoms with Crippen molar-refractivity contribution in [3.05, 3.63) is 0 Å². The predicted octanol–water partition coefficient (Wildman–Crippen LogP) is 0.826. The lowest BCUT2D eigenvalue weighted by Crippen LogP contribution is -2.56. The Hall–Kier alpha value is -0.650. The Morgan fingerprint density at radius 3 is 2.35 bits per heavy atom. The average molecular weight is 283 g/mol. The number of ether oxygens (including phenoxy) is 1. The number of piperazine rings is 1. The topological polar surface area (TPSA) is 58.8 Å². The van der Waals surface area contributed by atoms with Gasteiger partial charge in [0, 0.05) is 37.8 Å². The van der Waals surface area contributed by atoms with Crippen molar-refractivity contribution in [2.24, 2.45) is 5.73 Å². The zero-order valence-electron chi connectivity index (χ0n) is 13.3. The zero-order chi connectivity index (χ0) is 15.0. The van der Waals surface area contributed by atoms with Crippen LogP contribution in [0, 0.1) is 0 Å². The van der Waals surface area contributed by atoms with E-state index in [1.807, 2.05) is 0 Å². The van der Waals surface area contributed by atoms with Crippen LogP contribution in [0.5, 0.6) is 0 Å². The smallest absolute Gasteiger partial charge is 0.325 e. The molecule has 2 fully saturated rings. The lowest BCUT2D eigenvalue weighted by Gasteiger charge is -2.44. The number of hydrogen-bond donors (Lipinski definition) is 1. The van der Waals surface area contributed by atoms with E-state index in [0.29, 0.717) is 6.04 Å². The molecule has 5 heteroatoms. The van der Waals surface area contributed by atoms with Crippen LogP contribution in [0.1, 0.15) is 40.0 Å². The van der Waals surface area contributed by atoms with E-state index in [4.69, 9.17) is 10.5 Å². The molecule has 0 aromatic rings. The molecule has 0 bridgehead atoms. The van der Waals surface area contributed by atoms with Crippen LogP contribution in [0.2, 0.25) is 0 Å². The first-order valence-corrected chi connectivity index (χ1v) is 7.63. The third-order valence-electron chi connectivity index (χ3n) is 4.89. The molecule has 2 rings (SSSR count). The predicted molar refractivity (Wildman–Crippen MR) is 79.5 cm³/mol. The minimum Gasteiger partial charge on any atom is -0.468 e. The molecule has 5 nitrogen and oxygen atoms in total. The van der Waals surface area contributed by atoms with Crippen molar-refractivity contribution in [2.45, 2.75) is 57.2 Å². The van der Waals surface area contributed by atoms with Crippen LogP contribution in [0.3, 0.4) is 0 Å². The van der Waals surface area contributed by atoms with E-state index in [2.05, 4.69) is 30.6 Å². The molecule has 0 aromatic carbocycles. The third kappa shape index (κ3) is 3.15. The summed E-state index contributed by atoms with van der Waals surface area (Å²) in [5.41, 5.74) is 5.67. The molecule has 20 heavy (non-hydrogen) atoms. The second kappa shape index (κ2) is 5.62. The molecule has 1 heterocycles. The van der Waals surface area contributed by atoms with Gasteiger partial charge < -0.3 is 10.5 Å². The van der Waals surface area contributed by atoms with Crippen molar-refractivity contribution in [2.75, 3.05) is 33.3 Å². The molecule has 0 radical (unpaired) electrons. The Balaban J connectivity index is 1.88. The molecule has 2 aliphatic rings. The average Bonchev–Trinajstić information content (AvgIpc) is 2.81. The van der Waals surface area contributed by atoms with Gasteiger partial charge in [-0.15, -0.1) is 0 Å². The van der Waals surface area contributed by atoms with Gasteiger partial charge in [0.25, 0.3) is 0 Å². The molecular formula is C15H29N3O2. The van der Waals surface area contributed by atoms with Crippen LogP contribution >= 0.6 is 0 Å². The first-order chi connectivity index (χ1) is 9.26. The Kier molecular flexibility index (Phi) is 4.42. The summed E-state index contributed by atoms with van der Waals surface area (Å²) in [5, 5.41) is 0. The molecular weight excluding hydrogens is 254 g/mol. The first kappa shape index (κ1) is 15.7. The minimum absolute atomic E-state index is 0.241. The fourth-order valence-corrected chi connectivity index (χ4v) is 3.51. The van der Waals surface area contributed by atoms with E-state index in [0.717, 1.165) is 45.4 Å². The molecule has 2 unspecified atom stereocenters. The molecule has 116 valence electrons. The van der Waals surface area contributed by atoms with Gasteiger partial charge in [0.05, 0.1) is 7.11 Å². The van der Waals surface area contributed by atoms with Crippen LogP contribution in [0.15, 0.2) is 0 Å². The third-order valence-corrected chi connectivity index (χ3v) is 4.89. The fraction of sp³-hybridized carbons (Fsp3) is 0.933. The highest BCUT2D eigenvalue weighted by Gasteiger charge is 2.45. The quantitative estimate of drug-likeness (QED) is 0.761. The van der Waals surface area contributed by atoms with Crippen molar-refractivity contribution in [3.8, 4) is 0 Å². The van der Waals surface area contributed by atoms with Crippen molar-refractivity contribution >= 4 is 5.97 Å². The highest BCUT2D eigenvalue weighted by molar-refractivity contribution is 5.81. The van der Waals surface area contributed by atoms with E-state index in [1.54, 1.807) is 0 Å². The normalized spacial score (nSPS) is 33.4. The van der Waals surface area contributed by atoms with Gasteiger partial charge >= 0.3 is 5.97 Å². The lowest BCUT2D eigenvalue weighted by atomic mass is 9.98. The van der Waals surface area contributed by atoms with E-state index < -0.39 is 5.54 Å². The number of rotatable bonds is 2. The van der Waals surface area contributed by atoms with Crippen molar-refractivity contribution in [3.63, 3.8) is 0 Å². The number of esters is 1. The maximum Gasteiger partial charge on any atom is 0.325 e. The summed E-state index contributed by atoms with van der Waals surface area (Å²) in [5.74, 6) is -0.256. The number of methoxy groups -OCH3 is 1. The summed E-state index contributed by atoms with van der Waals surface area (Å²) in [6, 6.07) is 0.432. The van der Waals surface area contributed by atoms with Crippen molar-refractivity contribution in [1.82, 2.24) is 9.80 Å². The standard InChI is InChI=1S/C15H29N3O2/c1-14(2,3)18-9-7-17(8-10-18)12-5-6-15(16,11-12)13(19)20-4/h12H,5-11,16H2,1-4H3. The van der Waals surface area contributed by atoms with Gasteiger partial charge in [0.1, 0.15) is 5.54 Å². The molecule has 0 amide bonds. The van der Waals surface area contributed by atoms with Crippen molar-refractivity contribution < 1.29 is 9.53 Å². The first-order valence-electron chi connectivity index (χ1n) is 7.63. The van der Waals surface area contributed by atoms with Crippen LogP contribution in [-0.4, -0.2) is 66.2 Å². The van der Waals surface area contributed by atoms with Gasteiger partial charge in [0.15, 0.2) is 0 Å². The maximum atomic E-state index is 11.8. The molecule has 1 aliphatic heterocycles. The largest absolute Gasteiger partial charge is 0.468 e. The second-order valence-corrected chi connectivity index (χ2v) is 7.24. The van der Waals surface area contributed by atoms with E-state index in [1.165, 1.54) is 7.11 Å². The summed E-state index contributed by atoms with van der Waals surface area (Å²) >= 11 is 0. The number of carbonyl (C=O) groups excluding carboxylic acids is 1.